The molecule has 0 radical (unpaired) electrons. The Labute approximate surface area is 529 Å². The van der Waals surface area contributed by atoms with E-state index < -0.39 is 10.0 Å². The van der Waals surface area contributed by atoms with Crippen molar-refractivity contribution in [1.82, 2.24) is 38.8 Å². The number of pyridine rings is 1. The number of ether oxygens (including phenoxy) is 7. The number of Topliss-reactive ketones (excluding diaryl/α,β-unsaturated/α-hetero) is 1. The van der Waals surface area contributed by atoms with Crippen LogP contribution in [0, 0.1) is 6.92 Å². The van der Waals surface area contributed by atoms with Crippen LogP contribution in [-0.2, 0) is 43.2 Å². The Kier molecular flexibility index (Phi) is 22.6. The second-order valence-corrected chi connectivity index (χ2v) is 24.4. The van der Waals surface area contributed by atoms with E-state index in [-0.39, 0.29) is 82.1 Å². The maximum atomic E-state index is 13.9. The number of hydrogen-bond donors (Lipinski definition) is 3. The summed E-state index contributed by atoms with van der Waals surface area (Å²) in [7, 11) is 3.74. The van der Waals surface area contributed by atoms with E-state index in [1.54, 1.807) is 62.1 Å². The molecule has 0 unspecified atom stereocenters. The molecule has 2 amide bonds. The average molecular weight is 1270 g/mol. The highest BCUT2D eigenvalue weighted by atomic mass is 32.2. The van der Waals surface area contributed by atoms with Crippen molar-refractivity contribution in [2.24, 2.45) is 14.1 Å². The lowest BCUT2D eigenvalue weighted by atomic mass is 10.0. The zero-order valence-electron chi connectivity index (χ0n) is 53.1. The molecule has 3 aromatic heterocycles. The number of hydrogen-bond acceptors (Lipinski definition) is 19. The molecule has 1 aliphatic carbocycles. The molecule has 1 saturated carbocycles. The van der Waals surface area contributed by atoms with E-state index in [0.29, 0.717) is 135 Å². The van der Waals surface area contributed by atoms with Crippen molar-refractivity contribution in [2.45, 2.75) is 83.1 Å². The number of methoxy groups -OCH3 is 2. The quantitative estimate of drug-likeness (QED) is 0.0269. The molecule has 4 aromatic carbocycles. The molecule has 3 N–H and O–H groups in total. The number of fused-ring (bicyclic) bond motifs is 2. The Balaban J connectivity index is 0.645. The summed E-state index contributed by atoms with van der Waals surface area (Å²) in [6, 6.07) is 20.5. The molecule has 488 valence electrons. The molecule has 1 saturated heterocycles. The van der Waals surface area contributed by atoms with Crippen molar-refractivity contribution in [1.29, 1.82) is 0 Å². The van der Waals surface area contributed by atoms with Crippen LogP contribution in [0.5, 0.6) is 34.5 Å². The van der Waals surface area contributed by atoms with Crippen LogP contribution in [0.1, 0.15) is 87.2 Å². The Hall–Kier alpha value is -8.72. The van der Waals surface area contributed by atoms with Gasteiger partial charge in [0.1, 0.15) is 22.9 Å². The van der Waals surface area contributed by atoms with E-state index in [9.17, 15) is 32.4 Å². The van der Waals surface area contributed by atoms with Crippen LogP contribution < -0.4 is 55.2 Å². The van der Waals surface area contributed by atoms with Crippen LogP contribution in [0.4, 0.5) is 23.0 Å². The van der Waals surface area contributed by atoms with Crippen LogP contribution in [-0.4, -0.2) is 166 Å². The first-order chi connectivity index (χ1) is 43.9. The fourth-order valence-electron chi connectivity index (χ4n) is 11.4. The summed E-state index contributed by atoms with van der Waals surface area (Å²) < 4.78 is 75.6. The SMILES string of the molecule is CCCOc1cc(OCCCCN(C)CC(=O)NCCOCCOCCC(=O)N2CCN(c3ccc(Nc4ncc5c(C)c(C(C)=O)c(=O)n(C6CCCC6)c5n4)cc3)CC2)cc(Oc2cc3c(cc2NS(=O)(=O)c2ccc(OC)c(OC)c2)n(C)c(=O)n3C)c1. The lowest BCUT2D eigenvalue weighted by molar-refractivity contribution is -0.132. The van der Waals surface area contributed by atoms with Gasteiger partial charge in [-0.3, -0.25) is 42.5 Å². The first-order valence-corrected chi connectivity index (χ1v) is 32.3. The number of imidazole rings is 1. The normalized spacial score (nSPS) is 13.7. The van der Waals surface area contributed by atoms with E-state index in [0.717, 1.165) is 49.9 Å². The van der Waals surface area contributed by atoms with Crippen LogP contribution >= 0.6 is 0 Å². The van der Waals surface area contributed by atoms with Gasteiger partial charge in [-0.15, -0.1) is 0 Å². The predicted molar refractivity (Wildman–Crippen MR) is 347 cm³/mol. The summed E-state index contributed by atoms with van der Waals surface area (Å²) in [6.45, 7) is 11.0. The van der Waals surface area contributed by atoms with Crippen LogP contribution in [0.3, 0.4) is 0 Å². The lowest BCUT2D eigenvalue weighted by Gasteiger charge is -2.36. The number of carbonyl (C=O) groups is 3. The first-order valence-electron chi connectivity index (χ1n) is 30.8. The number of sulfonamides is 1. The van der Waals surface area contributed by atoms with Gasteiger partial charge < -0.3 is 53.6 Å². The number of piperazine rings is 1. The van der Waals surface area contributed by atoms with Crippen LogP contribution in [0.2, 0.25) is 0 Å². The van der Waals surface area contributed by atoms with Gasteiger partial charge in [-0.05, 0) is 108 Å². The summed E-state index contributed by atoms with van der Waals surface area (Å²) in [5.74, 6) is 1.97. The first kappa shape index (κ1) is 66.7. The molecule has 1 aliphatic heterocycles. The average Bonchev–Trinajstić information content (AvgIpc) is 1.81. The highest BCUT2D eigenvalue weighted by Crippen LogP contribution is 2.39. The molecule has 2 fully saturated rings. The number of unbranched alkanes of at least 4 members (excludes halogenated alkanes) is 1. The summed E-state index contributed by atoms with van der Waals surface area (Å²) in [6.07, 6.45) is 7.91. The van der Waals surface area contributed by atoms with Gasteiger partial charge in [0.25, 0.3) is 15.6 Å². The predicted octanol–water partition coefficient (Wildman–Crippen LogP) is 7.73. The van der Waals surface area contributed by atoms with Gasteiger partial charge >= 0.3 is 5.69 Å². The third-order valence-electron chi connectivity index (χ3n) is 16.2. The van der Waals surface area contributed by atoms with Crippen molar-refractivity contribution in [3.8, 4) is 34.5 Å². The van der Waals surface area contributed by atoms with Crippen molar-refractivity contribution in [2.75, 3.05) is 122 Å². The number of nitrogens with one attached hydrogen (secondary N) is 3. The highest BCUT2D eigenvalue weighted by Gasteiger charge is 2.28. The third-order valence-corrected chi connectivity index (χ3v) is 17.6. The van der Waals surface area contributed by atoms with Crippen molar-refractivity contribution >= 4 is 72.7 Å². The number of likely N-dealkylation sites (N-methyl/N-ethyl adjacent to an activating group) is 1. The molecule has 91 heavy (non-hydrogen) atoms. The van der Waals surface area contributed by atoms with E-state index in [2.05, 4.69) is 25.2 Å². The molecule has 9 rings (SSSR count). The smallest absolute Gasteiger partial charge is 0.328 e. The second-order valence-electron chi connectivity index (χ2n) is 22.7. The molecule has 0 spiro atoms. The number of rotatable bonds is 32. The number of benzene rings is 4. The number of ketones is 1. The Morgan fingerprint density at radius 1 is 0.758 bits per heavy atom. The number of anilines is 4. The van der Waals surface area contributed by atoms with Crippen molar-refractivity contribution < 1.29 is 56.0 Å². The van der Waals surface area contributed by atoms with Gasteiger partial charge in [0.2, 0.25) is 17.8 Å². The topological polar surface area (TPSA) is 270 Å². The van der Waals surface area contributed by atoms with E-state index in [1.165, 1.54) is 48.5 Å². The standard InChI is InChI=1S/C65H83N11O14S/c1-9-29-88-48-35-49(37-50(36-48)90-57-40-55-54(72(5)65(81)73(55)6)39-53(57)70-91(82,83)51-20-21-56(84-7)58(38-51)85-8)89-30-13-12-24-71(4)42-59(78)66-23-32-87-34-33-86-31-22-60(79)75-27-25-74(26-28-75)46-18-16-45(17-19-46)68-64-67-41-52-43(2)61(44(3)77)63(80)76(62(52)69-64)47-14-10-11-15-47/h16-21,35-41,47,70H,9-15,22-34,42H2,1-8H3,(H,66,78)(H,67,68,69). The second kappa shape index (κ2) is 30.9. The molecule has 25 nitrogen and oxygen atoms in total. The summed E-state index contributed by atoms with van der Waals surface area (Å²) in [5, 5.41) is 6.88. The van der Waals surface area contributed by atoms with Gasteiger partial charge in [0.05, 0.1) is 94.0 Å². The zero-order chi connectivity index (χ0) is 64.8. The van der Waals surface area contributed by atoms with Gasteiger partial charge in [0, 0.05) is 106 Å². The zero-order valence-corrected chi connectivity index (χ0v) is 54.0. The van der Waals surface area contributed by atoms with Crippen molar-refractivity contribution in [3.63, 3.8) is 0 Å². The van der Waals surface area contributed by atoms with E-state index in [1.807, 2.05) is 48.0 Å². The summed E-state index contributed by atoms with van der Waals surface area (Å²) in [5.41, 5.74) is 3.63. The van der Waals surface area contributed by atoms with Gasteiger partial charge in [-0.1, -0.05) is 19.8 Å². The van der Waals surface area contributed by atoms with Crippen LogP contribution in [0.15, 0.2) is 93.5 Å². The number of aryl methyl sites for hydroxylation is 3. The van der Waals surface area contributed by atoms with Gasteiger partial charge in [0.15, 0.2) is 23.0 Å². The Bertz CT molecular complexity index is 3950. The minimum absolute atomic E-state index is 0.00713. The van der Waals surface area contributed by atoms with Gasteiger partial charge in [-0.25, -0.2) is 18.2 Å². The monoisotopic (exact) mass is 1270 g/mol. The third kappa shape index (κ3) is 16.6. The van der Waals surface area contributed by atoms with Crippen LogP contribution in [0.25, 0.3) is 22.1 Å². The highest BCUT2D eigenvalue weighted by molar-refractivity contribution is 7.92. The molecule has 0 bridgehead atoms. The molecule has 7 aromatic rings. The summed E-state index contributed by atoms with van der Waals surface area (Å²) in [4.78, 5) is 80.3. The fourth-order valence-corrected chi connectivity index (χ4v) is 12.4. The summed E-state index contributed by atoms with van der Waals surface area (Å²) >= 11 is 0. The van der Waals surface area contributed by atoms with E-state index >= 15 is 0 Å². The Morgan fingerprint density at radius 3 is 2.11 bits per heavy atom. The number of nitrogens with zero attached hydrogens (tertiary/aromatic N) is 8. The molecule has 26 heteroatoms. The maximum absolute atomic E-state index is 13.9. The Morgan fingerprint density at radius 2 is 1.43 bits per heavy atom. The lowest BCUT2D eigenvalue weighted by Crippen LogP contribution is -2.49. The molecule has 2 aliphatic rings. The molecular formula is C65H83N11O14S. The van der Waals surface area contributed by atoms with Gasteiger partial charge in [-0.2, -0.15) is 4.98 Å². The van der Waals surface area contributed by atoms with Crippen molar-refractivity contribution in [3.05, 3.63) is 111 Å². The fraction of sp³-hybridized carbons (Fsp3) is 0.462. The molecular weight excluding hydrogens is 1190 g/mol. The molecule has 4 heterocycles. The minimum Gasteiger partial charge on any atom is -0.493 e. The number of amides is 2. The number of carbonyl (C=O) groups excluding carboxylic acids is 3. The largest absolute Gasteiger partial charge is 0.493 e. The number of aromatic nitrogens is 5. The van der Waals surface area contributed by atoms with E-state index in [4.69, 9.17) is 38.1 Å². The molecule has 0 atom stereocenters. The maximum Gasteiger partial charge on any atom is 0.328 e. The minimum atomic E-state index is -4.22.